The van der Waals surface area contributed by atoms with Crippen LogP contribution in [0.5, 0.6) is 5.75 Å². The van der Waals surface area contributed by atoms with Crippen LogP contribution in [0.4, 0.5) is 16.3 Å². The van der Waals surface area contributed by atoms with Crippen molar-refractivity contribution in [2.24, 2.45) is 0 Å². The van der Waals surface area contributed by atoms with Crippen molar-refractivity contribution in [2.45, 2.75) is 0 Å². The maximum atomic E-state index is 12.9. The Morgan fingerprint density at radius 2 is 1.82 bits per heavy atom. The minimum atomic E-state index is -0.180. The highest BCUT2D eigenvalue weighted by molar-refractivity contribution is 5.95. The van der Waals surface area contributed by atoms with Crippen molar-refractivity contribution in [3.05, 3.63) is 66.6 Å². The summed E-state index contributed by atoms with van der Waals surface area (Å²) in [5, 5.41) is 11.2. The molecule has 206 valence electrons. The molecule has 2 aromatic carbocycles. The molecule has 4 aromatic rings. The molecular weight excluding hydrogens is 510 g/mol. The van der Waals surface area contributed by atoms with Crippen molar-refractivity contribution in [1.82, 2.24) is 35.3 Å². The van der Waals surface area contributed by atoms with E-state index in [1.807, 2.05) is 53.3 Å². The third-order valence-corrected chi connectivity index (χ3v) is 7.32. The number of para-hydroxylation sites is 1. The monoisotopic (exact) mass is 541 g/mol. The molecule has 2 aromatic heterocycles. The van der Waals surface area contributed by atoms with Gasteiger partial charge in [-0.1, -0.05) is 18.2 Å². The Hall–Kier alpha value is -4.87. The Morgan fingerprint density at radius 1 is 1.02 bits per heavy atom. The number of rotatable bonds is 8. The molecule has 12 nitrogen and oxygen atoms in total. The predicted molar refractivity (Wildman–Crippen MR) is 151 cm³/mol. The minimum absolute atomic E-state index is 0.0900. The SMILES string of the molecule is COc1ccc(C(=O)NCCN2CCNC2=O)cc1N1CCN(c2ncnc3c2cnn3-c2ccccc2)CC1. The van der Waals surface area contributed by atoms with Gasteiger partial charge in [-0.2, -0.15) is 5.10 Å². The van der Waals surface area contributed by atoms with Gasteiger partial charge in [0, 0.05) is 57.9 Å². The van der Waals surface area contributed by atoms with Gasteiger partial charge >= 0.3 is 6.03 Å². The van der Waals surface area contributed by atoms with E-state index >= 15 is 0 Å². The van der Waals surface area contributed by atoms with Gasteiger partial charge in [-0.25, -0.2) is 19.4 Å². The summed E-state index contributed by atoms with van der Waals surface area (Å²) in [6.07, 6.45) is 3.41. The highest BCUT2D eigenvalue weighted by atomic mass is 16.5. The van der Waals surface area contributed by atoms with Gasteiger partial charge in [-0.05, 0) is 30.3 Å². The standard InChI is InChI=1S/C28H31N9O3/c1-40-24-8-7-20(27(38)29-9-11-36-12-10-30-28(36)39)17-23(24)34-13-15-35(16-14-34)25-22-18-33-37(26(22)32-19-31-25)21-5-3-2-4-6-21/h2-8,17-19H,9-16H2,1H3,(H,29,38)(H,30,39). The normalized spacial score (nSPS) is 15.4. The lowest BCUT2D eigenvalue weighted by molar-refractivity contribution is 0.0950. The second-order valence-electron chi connectivity index (χ2n) is 9.66. The van der Waals surface area contributed by atoms with Gasteiger partial charge < -0.3 is 30.1 Å². The van der Waals surface area contributed by atoms with E-state index in [0.717, 1.165) is 54.4 Å². The second kappa shape index (κ2) is 11.1. The zero-order valence-corrected chi connectivity index (χ0v) is 22.3. The zero-order chi connectivity index (χ0) is 27.5. The molecule has 4 heterocycles. The van der Waals surface area contributed by atoms with Crippen molar-refractivity contribution in [3.8, 4) is 11.4 Å². The summed E-state index contributed by atoms with van der Waals surface area (Å²) >= 11 is 0. The molecular formula is C28H31N9O3. The molecule has 3 amide bonds. The third-order valence-electron chi connectivity index (χ3n) is 7.32. The number of methoxy groups -OCH3 is 1. The van der Waals surface area contributed by atoms with Crippen LogP contribution in [0.2, 0.25) is 0 Å². The van der Waals surface area contributed by atoms with Crippen LogP contribution < -0.4 is 25.2 Å². The summed E-state index contributed by atoms with van der Waals surface area (Å²) in [5.41, 5.74) is 3.14. The second-order valence-corrected chi connectivity index (χ2v) is 9.66. The van der Waals surface area contributed by atoms with Crippen LogP contribution in [0.3, 0.4) is 0 Å². The quantitative estimate of drug-likeness (QED) is 0.347. The number of fused-ring (bicyclic) bond motifs is 1. The molecule has 0 radical (unpaired) electrons. The number of nitrogens with one attached hydrogen (secondary N) is 2. The lowest BCUT2D eigenvalue weighted by Gasteiger charge is -2.37. The van der Waals surface area contributed by atoms with E-state index in [1.54, 1.807) is 24.4 Å². The minimum Gasteiger partial charge on any atom is -0.495 e. The van der Waals surface area contributed by atoms with E-state index in [0.29, 0.717) is 37.5 Å². The molecule has 40 heavy (non-hydrogen) atoms. The highest BCUT2D eigenvalue weighted by Crippen LogP contribution is 2.32. The number of hydrogen-bond donors (Lipinski definition) is 2. The van der Waals surface area contributed by atoms with Crippen molar-refractivity contribution in [1.29, 1.82) is 0 Å². The van der Waals surface area contributed by atoms with E-state index in [1.165, 1.54) is 0 Å². The molecule has 0 saturated carbocycles. The molecule has 2 saturated heterocycles. The van der Waals surface area contributed by atoms with Crippen molar-refractivity contribution in [3.63, 3.8) is 0 Å². The Kier molecular flexibility index (Phi) is 7.04. The van der Waals surface area contributed by atoms with Crippen LogP contribution >= 0.6 is 0 Å². The highest BCUT2D eigenvalue weighted by Gasteiger charge is 2.24. The number of piperazine rings is 1. The Balaban J connectivity index is 1.14. The van der Waals surface area contributed by atoms with Gasteiger partial charge in [0.25, 0.3) is 5.91 Å². The fourth-order valence-corrected chi connectivity index (χ4v) is 5.21. The number of amides is 3. The number of ether oxygens (including phenoxy) is 1. The first-order chi connectivity index (χ1) is 19.6. The molecule has 0 atom stereocenters. The maximum absolute atomic E-state index is 12.9. The van der Waals surface area contributed by atoms with E-state index in [4.69, 9.17) is 4.74 Å². The molecule has 12 heteroatoms. The van der Waals surface area contributed by atoms with Gasteiger partial charge in [-0.15, -0.1) is 0 Å². The number of anilines is 2. The first kappa shape index (κ1) is 25.4. The van der Waals surface area contributed by atoms with Crippen LogP contribution in [0, 0.1) is 0 Å². The van der Waals surface area contributed by atoms with Crippen molar-refractivity contribution in [2.75, 3.05) is 69.3 Å². The number of urea groups is 1. The third kappa shape index (κ3) is 4.95. The first-order valence-corrected chi connectivity index (χ1v) is 13.4. The summed E-state index contributed by atoms with van der Waals surface area (Å²) in [5.74, 6) is 1.40. The molecule has 0 aliphatic carbocycles. The molecule has 2 fully saturated rings. The fourth-order valence-electron chi connectivity index (χ4n) is 5.21. The Bertz CT molecular complexity index is 1520. The number of benzene rings is 2. The average Bonchev–Trinajstić information content (AvgIpc) is 3.63. The van der Waals surface area contributed by atoms with Crippen LogP contribution in [-0.4, -0.2) is 96.1 Å². The van der Waals surface area contributed by atoms with E-state index in [9.17, 15) is 9.59 Å². The maximum Gasteiger partial charge on any atom is 0.317 e. The Labute approximate surface area is 231 Å². The smallest absolute Gasteiger partial charge is 0.317 e. The topological polar surface area (TPSA) is 121 Å². The van der Waals surface area contributed by atoms with Crippen LogP contribution in [0.1, 0.15) is 10.4 Å². The summed E-state index contributed by atoms with van der Waals surface area (Å²) in [4.78, 5) is 39.9. The lowest BCUT2D eigenvalue weighted by Crippen LogP contribution is -2.47. The summed E-state index contributed by atoms with van der Waals surface area (Å²) < 4.78 is 7.47. The van der Waals surface area contributed by atoms with Gasteiger partial charge in [0.1, 0.15) is 17.9 Å². The summed E-state index contributed by atoms with van der Waals surface area (Å²) in [6, 6.07) is 15.3. The number of carbonyl (C=O) groups excluding carboxylic acids is 2. The van der Waals surface area contributed by atoms with Gasteiger partial charge in [0.05, 0.1) is 30.1 Å². The molecule has 6 rings (SSSR count). The number of carbonyl (C=O) groups is 2. The van der Waals surface area contributed by atoms with Crippen LogP contribution in [0.25, 0.3) is 16.7 Å². The van der Waals surface area contributed by atoms with Crippen molar-refractivity contribution < 1.29 is 14.3 Å². The number of hydrogen-bond acceptors (Lipinski definition) is 8. The Morgan fingerprint density at radius 3 is 2.58 bits per heavy atom. The number of aromatic nitrogens is 4. The van der Waals surface area contributed by atoms with E-state index in [-0.39, 0.29) is 11.9 Å². The fraction of sp³-hybridized carbons (Fsp3) is 0.321. The molecule has 2 aliphatic rings. The molecule has 0 unspecified atom stereocenters. The first-order valence-electron chi connectivity index (χ1n) is 13.4. The molecule has 2 aliphatic heterocycles. The van der Waals surface area contributed by atoms with Gasteiger partial charge in [-0.3, -0.25) is 4.79 Å². The summed E-state index contributed by atoms with van der Waals surface area (Å²) in [7, 11) is 1.64. The van der Waals surface area contributed by atoms with Crippen LogP contribution in [0.15, 0.2) is 61.1 Å². The number of nitrogens with zero attached hydrogens (tertiary/aromatic N) is 7. The molecule has 0 bridgehead atoms. The largest absolute Gasteiger partial charge is 0.495 e. The zero-order valence-electron chi connectivity index (χ0n) is 22.3. The van der Waals surface area contributed by atoms with E-state index in [2.05, 4.69) is 35.5 Å². The van der Waals surface area contributed by atoms with Gasteiger partial charge in [0.2, 0.25) is 0 Å². The summed E-state index contributed by atoms with van der Waals surface area (Å²) in [6.45, 7) is 5.09. The lowest BCUT2D eigenvalue weighted by atomic mass is 10.1. The molecule has 2 N–H and O–H groups in total. The predicted octanol–water partition coefficient (Wildman–Crippen LogP) is 1.91. The average molecular weight is 542 g/mol. The van der Waals surface area contributed by atoms with Crippen LogP contribution in [-0.2, 0) is 0 Å². The van der Waals surface area contributed by atoms with Crippen molar-refractivity contribution >= 4 is 34.5 Å². The van der Waals surface area contributed by atoms with E-state index < -0.39 is 0 Å². The molecule has 0 spiro atoms. The van der Waals surface area contributed by atoms with Gasteiger partial charge in [0.15, 0.2) is 5.65 Å².